The summed E-state index contributed by atoms with van der Waals surface area (Å²) in [5.41, 5.74) is 0.342. The fourth-order valence-corrected chi connectivity index (χ4v) is 3.35. The number of nitrogens with zero attached hydrogens (tertiary/aromatic N) is 3. The van der Waals surface area contributed by atoms with Crippen LogP contribution in [0, 0.1) is 0 Å². The molecule has 1 aromatic heterocycles. The molecule has 0 bridgehead atoms. The van der Waals surface area contributed by atoms with Gasteiger partial charge < -0.3 is 9.47 Å². The number of carbonyl (C=O) groups excluding carboxylic acids is 1. The molecule has 0 radical (unpaired) electrons. The summed E-state index contributed by atoms with van der Waals surface area (Å²) in [6.07, 6.45) is 1.46. The highest BCUT2D eigenvalue weighted by atomic mass is 79.9. The van der Waals surface area contributed by atoms with Gasteiger partial charge in [-0.2, -0.15) is 9.78 Å². The molecule has 0 saturated heterocycles. The molecule has 7 nitrogen and oxygen atoms in total. The van der Waals surface area contributed by atoms with E-state index in [0.717, 1.165) is 4.47 Å². The molecule has 0 saturated carbocycles. The van der Waals surface area contributed by atoms with E-state index in [9.17, 15) is 9.59 Å². The molecule has 9 heteroatoms. The van der Waals surface area contributed by atoms with Crippen molar-refractivity contribution >= 4 is 50.6 Å². The quantitative estimate of drug-likeness (QED) is 0.375. The molecule has 31 heavy (non-hydrogen) atoms. The van der Waals surface area contributed by atoms with Crippen molar-refractivity contribution in [3.05, 3.63) is 67.6 Å². The van der Waals surface area contributed by atoms with Crippen LogP contribution in [-0.2, 0) is 14.9 Å². The Labute approximate surface area is 192 Å². The van der Waals surface area contributed by atoms with E-state index in [4.69, 9.17) is 16.3 Å². The van der Waals surface area contributed by atoms with E-state index < -0.39 is 11.4 Å². The molecule has 0 aliphatic heterocycles. The average Bonchev–Trinajstić information content (AvgIpc) is 2.71. The zero-order valence-corrected chi connectivity index (χ0v) is 19.8. The maximum absolute atomic E-state index is 13.2. The van der Waals surface area contributed by atoms with Gasteiger partial charge >= 0.3 is 5.97 Å². The summed E-state index contributed by atoms with van der Waals surface area (Å²) in [7, 11) is 1.28. The Balaban J connectivity index is 2.13. The highest BCUT2D eigenvalue weighted by Crippen LogP contribution is 2.24. The van der Waals surface area contributed by atoms with Crippen LogP contribution in [0.5, 0.6) is 5.75 Å². The van der Waals surface area contributed by atoms with Gasteiger partial charge in [-0.3, -0.25) is 4.79 Å². The molecule has 0 atom stereocenters. The second-order valence-electron chi connectivity index (χ2n) is 7.76. The van der Waals surface area contributed by atoms with Gasteiger partial charge in [-0.1, -0.05) is 48.3 Å². The number of rotatable bonds is 5. The number of ether oxygens (including phenoxy) is 2. The van der Waals surface area contributed by atoms with E-state index >= 15 is 0 Å². The molecule has 0 amide bonds. The van der Waals surface area contributed by atoms with Crippen LogP contribution in [0.25, 0.3) is 10.9 Å². The lowest BCUT2D eigenvalue weighted by atomic mass is 9.95. The zero-order chi connectivity index (χ0) is 22.8. The van der Waals surface area contributed by atoms with Crippen molar-refractivity contribution < 1.29 is 14.3 Å². The maximum Gasteiger partial charge on any atom is 0.343 e. The first-order chi connectivity index (χ1) is 14.6. The molecule has 0 fully saturated rings. The minimum Gasteiger partial charge on any atom is -0.481 e. The number of aromatic nitrogens is 2. The number of fused-ring (bicyclic) bond motifs is 1. The van der Waals surface area contributed by atoms with Crippen LogP contribution < -0.4 is 10.3 Å². The Morgan fingerprint density at radius 2 is 2.00 bits per heavy atom. The second kappa shape index (κ2) is 9.20. The number of benzene rings is 2. The van der Waals surface area contributed by atoms with Gasteiger partial charge in [0.25, 0.3) is 5.56 Å². The van der Waals surface area contributed by atoms with Gasteiger partial charge in [-0.25, -0.2) is 9.78 Å². The van der Waals surface area contributed by atoms with Gasteiger partial charge in [-0.15, -0.1) is 0 Å². The predicted octanol–water partition coefficient (Wildman–Crippen LogP) is 4.54. The van der Waals surface area contributed by atoms with E-state index in [1.54, 1.807) is 30.3 Å². The van der Waals surface area contributed by atoms with Crippen molar-refractivity contribution in [3.63, 3.8) is 0 Å². The Hall–Kier alpha value is -2.71. The van der Waals surface area contributed by atoms with Crippen LogP contribution >= 0.6 is 27.5 Å². The number of esters is 1. The van der Waals surface area contributed by atoms with Crippen molar-refractivity contribution in [3.8, 4) is 5.75 Å². The van der Waals surface area contributed by atoms with Crippen LogP contribution in [0.1, 0.15) is 32.2 Å². The van der Waals surface area contributed by atoms with Gasteiger partial charge in [0.05, 0.1) is 24.2 Å². The molecule has 3 rings (SSSR count). The lowest BCUT2D eigenvalue weighted by Crippen LogP contribution is -2.29. The first kappa shape index (κ1) is 23.0. The van der Waals surface area contributed by atoms with Crippen LogP contribution in [0.2, 0.25) is 5.02 Å². The highest BCUT2D eigenvalue weighted by molar-refractivity contribution is 9.10. The lowest BCUT2D eigenvalue weighted by Gasteiger charge is -2.21. The van der Waals surface area contributed by atoms with Gasteiger partial charge in [-0.05, 0) is 36.4 Å². The fraction of sp³-hybridized carbons (Fsp3) is 0.273. The Morgan fingerprint density at radius 3 is 2.68 bits per heavy atom. The summed E-state index contributed by atoms with van der Waals surface area (Å²) in [6, 6.07) is 10.2. The molecular formula is C22H21BrClN3O4. The van der Waals surface area contributed by atoms with Crippen LogP contribution in [0.15, 0.2) is 50.8 Å². The SMILES string of the molecule is COC(=O)COc1ccc(Cl)cc1C=Nn1c(C(C)(C)C)nc2ccc(Br)cc2c1=O. The van der Waals surface area contributed by atoms with E-state index in [0.29, 0.717) is 33.1 Å². The molecule has 1 heterocycles. The number of carbonyl (C=O) groups is 1. The number of hydrogen-bond acceptors (Lipinski definition) is 6. The molecule has 0 unspecified atom stereocenters. The maximum atomic E-state index is 13.2. The molecule has 0 spiro atoms. The number of methoxy groups -OCH3 is 1. The van der Waals surface area contributed by atoms with Gasteiger partial charge in [0, 0.05) is 20.5 Å². The summed E-state index contributed by atoms with van der Waals surface area (Å²) in [5.74, 6) is 0.358. The largest absolute Gasteiger partial charge is 0.481 e. The topological polar surface area (TPSA) is 82.8 Å². The Kier molecular flexibility index (Phi) is 6.81. The van der Waals surface area contributed by atoms with Crippen molar-refractivity contribution in [2.24, 2.45) is 5.10 Å². The first-order valence-corrected chi connectivity index (χ1v) is 10.5. The summed E-state index contributed by atoms with van der Waals surface area (Å²) in [4.78, 5) is 29.4. The smallest absolute Gasteiger partial charge is 0.343 e. The van der Waals surface area contributed by atoms with Crippen molar-refractivity contribution in [1.29, 1.82) is 0 Å². The summed E-state index contributed by atoms with van der Waals surface area (Å²) >= 11 is 9.52. The highest BCUT2D eigenvalue weighted by Gasteiger charge is 2.23. The monoisotopic (exact) mass is 505 g/mol. The summed E-state index contributed by atoms with van der Waals surface area (Å²) in [5, 5.41) is 5.31. The van der Waals surface area contributed by atoms with E-state index in [-0.39, 0.29) is 12.2 Å². The van der Waals surface area contributed by atoms with Gasteiger partial charge in [0.2, 0.25) is 0 Å². The molecule has 0 N–H and O–H groups in total. The van der Waals surface area contributed by atoms with Crippen LogP contribution in [0.4, 0.5) is 0 Å². The van der Waals surface area contributed by atoms with Crippen LogP contribution in [0.3, 0.4) is 0 Å². The van der Waals surface area contributed by atoms with E-state index in [1.165, 1.54) is 18.0 Å². The van der Waals surface area contributed by atoms with Crippen molar-refractivity contribution in [2.45, 2.75) is 26.2 Å². The summed E-state index contributed by atoms with van der Waals surface area (Å²) in [6.45, 7) is 5.60. The van der Waals surface area contributed by atoms with E-state index in [1.807, 2.05) is 26.8 Å². The zero-order valence-electron chi connectivity index (χ0n) is 17.5. The average molecular weight is 507 g/mol. The molecule has 0 aliphatic rings. The first-order valence-electron chi connectivity index (χ1n) is 9.36. The second-order valence-corrected chi connectivity index (χ2v) is 9.11. The van der Waals surface area contributed by atoms with Crippen molar-refractivity contribution in [2.75, 3.05) is 13.7 Å². The third-order valence-electron chi connectivity index (χ3n) is 4.34. The minimum absolute atomic E-state index is 0.266. The molecule has 3 aromatic rings. The minimum atomic E-state index is -0.520. The fourth-order valence-electron chi connectivity index (χ4n) is 2.81. The molecule has 0 aliphatic carbocycles. The normalized spacial score (nSPS) is 11.8. The third-order valence-corrected chi connectivity index (χ3v) is 5.06. The van der Waals surface area contributed by atoms with Gasteiger partial charge in [0.1, 0.15) is 11.6 Å². The molecule has 162 valence electrons. The number of hydrogen-bond donors (Lipinski definition) is 0. The van der Waals surface area contributed by atoms with Gasteiger partial charge in [0.15, 0.2) is 6.61 Å². The summed E-state index contributed by atoms with van der Waals surface area (Å²) < 4.78 is 12.2. The number of halogens is 2. The van der Waals surface area contributed by atoms with Crippen molar-refractivity contribution in [1.82, 2.24) is 9.66 Å². The molecular weight excluding hydrogens is 486 g/mol. The third kappa shape index (κ3) is 5.32. The lowest BCUT2D eigenvalue weighted by molar-refractivity contribution is -0.142. The Bertz CT molecular complexity index is 1230. The standard InChI is InChI=1S/C22H21BrClN3O4/c1-22(2,3)21-26-17-7-5-14(23)10-16(17)20(29)27(21)25-11-13-9-15(24)6-8-18(13)31-12-19(28)30-4/h5-11H,12H2,1-4H3. The van der Waals surface area contributed by atoms with Crippen LogP contribution in [-0.4, -0.2) is 35.6 Å². The Morgan fingerprint density at radius 1 is 1.26 bits per heavy atom. The molecule has 2 aromatic carbocycles. The predicted molar refractivity (Wildman–Crippen MR) is 124 cm³/mol. The van der Waals surface area contributed by atoms with E-state index in [2.05, 4.69) is 30.8 Å².